The summed E-state index contributed by atoms with van der Waals surface area (Å²) < 4.78 is 0. The quantitative estimate of drug-likeness (QED) is 0.230. The second-order valence-electron chi connectivity index (χ2n) is 9.48. The third-order valence-electron chi connectivity index (χ3n) is 6.98. The van der Waals surface area contributed by atoms with E-state index in [4.69, 9.17) is 11.5 Å². The third kappa shape index (κ3) is 5.67. The van der Waals surface area contributed by atoms with Crippen molar-refractivity contribution in [1.82, 2.24) is 0 Å². The van der Waals surface area contributed by atoms with Crippen LogP contribution >= 0.6 is 0 Å². The Bertz CT molecular complexity index is 1250. The van der Waals surface area contributed by atoms with Crippen LogP contribution in [0, 0.1) is 0 Å². The molecule has 36 heavy (non-hydrogen) atoms. The highest BCUT2D eigenvalue weighted by atomic mass is 14.5. The fourth-order valence-electron chi connectivity index (χ4n) is 4.97. The molecular weight excluding hydrogens is 436 g/mol. The van der Waals surface area contributed by atoms with Gasteiger partial charge in [-0.05, 0) is 70.5 Å². The molecule has 4 N–H and O–H groups in total. The fourth-order valence-corrected chi connectivity index (χ4v) is 4.97. The normalized spacial score (nSPS) is 12.7. The lowest BCUT2D eigenvalue weighted by atomic mass is 9.82. The molecule has 0 heterocycles. The van der Waals surface area contributed by atoms with Crippen molar-refractivity contribution in [1.29, 1.82) is 0 Å². The minimum atomic E-state index is 0.274. The van der Waals surface area contributed by atoms with Crippen molar-refractivity contribution in [3.8, 4) is 0 Å². The minimum absolute atomic E-state index is 0.274. The van der Waals surface area contributed by atoms with Crippen molar-refractivity contribution in [2.45, 2.75) is 24.7 Å². The fraction of sp³-hybridized carbons (Fsp3) is 0.118. The topological polar surface area (TPSA) is 52.0 Å². The van der Waals surface area contributed by atoms with Gasteiger partial charge in [-0.25, -0.2) is 0 Å². The predicted molar refractivity (Wildman–Crippen MR) is 152 cm³/mol. The van der Waals surface area contributed by atoms with Crippen LogP contribution in [0.1, 0.15) is 45.2 Å². The Labute approximate surface area is 214 Å². The van der Waals surface area contributed by atoms with Crippen molar-refractivity contribution in [2.24, 2.45) is 0 Å². The van der Waals surface area contributed by atoms with Crippen LogP contribution in [0.3, 0.4) is 0 Å². The molecule has 5 aromatic rings. The highest BCUT2D eigenvalue weighted by Gasteiger charge is 2.18. The average Bonchev–Trinajstić information content (AvgIpc) is 2.94. The van der Waals surface area contributed by atoms with Gasteiger partial charge in [0.15, 0.2) is 0 Å². The monoisotopic (exact) mass is 468 g/mol. The van der Waals surface area contributed by atoms with E-state index in [2.05, 4.69) is 109 Å². The van der Waals surface area contributed by atoms with E-state index in [-0.39, 0.29) is 11.8 Å². The molecule has 0 amide bonds. The molecule has 2 nitrogen and oxygen atoms in total. The summed E-state index contributed by atoms with van der Waals surface area (Å²) in [6.07, 6.45) is 1.86. The van der Waals surface area contributed by atoms with E-state index >= 15 is 0 Å². The second-order valence-corrected chi connectivity index (χ2v) is 9.48. The SMILES string of the molecule is Nc1ccc(CC(c2ccccc2)c2ccc(C(Cc3ccc(N)cc3)c3ccccc3)cc2)cc1. The Hall–Kier alpha value is -4.30. The van der Waals surface area contributed by atoms with Gasteiger partial charge in [-0.3, -0.25) is 0 Å². The second kappa shape index (κ2) is 11.0. The predicted octanol–water partition coefficient (Wildman–Crippen LogP) is 7.60. The van der Waals surface area contributed by atoms with Crippen molar-refractivity contribution < 1.29 is 0 Å². The smallest absolute Gasteiger partial charge is 0.0314 e. The molecule has 0 saturated heterocycles. The summed E-state index contributed by atoms with van der Waals surface area (Å²) in [7, 11) is 0. The van der Waals surface area contributed by atoms with Crippen LogP contribution in [0.2, 0.25) is 0 Å². The summed E-state index contributed by atoms with van der Waals surface area (Å²) in [6, 6.07) is 47.3. The molecule has 0 aromatic heterocycles. The Balaban J connectivity index is 1.47. The number of anilines is 2. The number of benzene rings is 5. The van der Waals surface area contributed by atoms with Gasteiger partial charge in [0.05, 0.1) is 0 Å². The highest BCUT2D eigenvalue weighted by molar-refractivity contribution is 5.44. The van der Waals surface area contributed by atoms with Crippen LogP contribution in [0.25, 0.3) is 0 Å². The van der Waals surface area contributed by atoms with E-state index < -0.39 is 0 Å². The molecule has 178 valence electrons. The molecule has 5 aromatic carbocycles. The summed E-state index contributed by atoms with van der Waals surface area (Å²) in [5.41, 5.74) is 21.3. The van der Waals surface area contributed by atoms with Gasteiger partial charge < -0.3 is 11.5 Å². The molecule has 0 spiro atoms. The van der Waals surface area contributed by atoms with Gasteiger partial charge in [0.25, 0.3) is 0 Å². The molecular formula is C34H32N2. The number of rotatable bonds is 8. The Morgan fingerprint density at radius 2 is 0.667 bits per heavy atom. The Kier molecular flexibility index (Phi) is 7.14. The first-order valence-corrected chi connectivity index (χ1v) is 12.5. The van der Waals surface area contributed by atoms with Gasteiger partial charge >= 0.3 is 0 Å². The molecule has 0 fully saturated rings. The van der Waals surface area contributed by atoms with Crippen LogP contribution in [-0.4, -0.2) is 0 Å². The van der Waals surface area contributed by atoms with E-state index in [1.165, 1.54) is 33.4 Å². The van der Waals surface area contributed by atoms with Crippen molar-refractivity contribution in [2.75, 3.05) is 11.5 Å². The zero-order valence-corrected chi connectivity index (χ0v) is 20.4. The van der Waals surface area contributed by atoms with Crippen LogP contribution in [0.15, 0.2) is 133 Å². The van der Waals surface area contributed by atoms with Gasteiger partial charge in [-0.15, -0.1) is 0 Å². The Morgan fingerprint density at radius 1 is 0.361 bits per heavy atom. The van der Waals surface area contributed by atoms with Gasteiger partial charge in [-0.1, -0.05) is 109 Å². The zero-order chi connectivity index (χ0) is 24.7. The molecule has 0 radical (unpaired) electrons. The molecule has 0 aliphatic carbocycles. The molecule has 2 atom stereocenters. The van der Waals surface area contributed by atoms with Gasteiger partial charge in [0.1, 0.15) is 0 Å². The largest absolute Gasteiger partial charge is 0.399 e. The summed E-state index contributed by atoms with van der Waals surface area (Å²) in [5, 5.41) is 0. The van der Waals surface area contributed by atoms with Crippen LogP contribution < -0.4 is 11.5 Å². The first kappa shape index (κ1) is 23.4. The van der Waals surface area contributed by atoms with E-state index in [0.717, 1.165) is 24.2 Å². The zero-order valence-electron chi connectivity index (χ0n) is 20.4. The highest BCUT2D eigenvalue weighted by Crippen LogP contribution is 2.33. The standard InChI is InChI=1S/C34H32N2/c35-31-19-11-25(12-20-31)23-33(27-7-3-1-4-8-27)29-15-17-30(18-16-29)34(28-9-5-2-6-10-28)24-26-13-21-32(36)22-14-26/h1-22,33-34H,23-24,35-36H2. The first-order chi connectivity index (χ1) is 17.7. The van der Waals surface area contributed by atoms with Crippen LogP contribution in [0.4, 0.5) is 11.4 Å². The summed E-state index contributed by atoms with van der Waals surface area (Å²) in [4.78, 5) is 0. The van der Waals surface area contributed by atoms with Crippen molar-refractivity contribution in [3.05, 3.63) is 167 Å². The molecule has 2 heteroatoms. The molecule has 0 aliphatic rings. The van der Waals surface area contributed by atoms with E-state index in [1.807, 2.05) is 24.3 Å². The number of nitrogen functional groups attached to an aromatic ring is 2. The Morgan fingerprint density at radius 3 is 1.00 bits per heavy atom. The molecule has 5 rings (SSSR count). The van der Waals surface area contributed by atoms with Crippen LogP contribution in [-0.2, 0) is 12.8 Å². The first-order valence-electron chi connectivity index (χ1n) is 12.5. The summed E-state index contributed by atoms with van der Waals surface area (Å²) >= 11 is 0. The maximum atomic E-state index is 5.93. The third-order valence-corrected chi connectivity index (χ3v) is 6.98. The van der Waals surface area contributed by atoms with E-state index in [0.29, 0.717) is 0 Å². The lowest BCUT2D eigenvalue weighted by molar-refractivity contribution is 0.789. The lowest BCUT2D eigenvalue weighted by Crippen LogP contribution is -2.08. The molecule has 0 saturated carbocycles. The van der Waals surface area contributed by atoms with Gasteiger partial charge in [0, 0.05) is 23.2 Å². The maximum Gasteiger partial charge on any atom is 0.0314 e. The number of hydrogen-bond donors (Lipinski definition) is 2. The van der Waals surface area contributed by atoms with Crippen molar-refractivity contribution >= 4 is 11.4 Å². The van der Waals surface area contributed by atoms with Gasteiger partial charge in [-0.2, -0.15) is 0 Å². The molecule has 0 aliphatic heterocycles. The lowest BCUT2D eigenvalue weighted by Gasteiger charge is -2.22. The van der Waals surface area contributed by atoms with E-state index in [9.17, 15) is 0 Å². The minimum Gasteiger partial charge on any atom is -0.399 e. The number of hydrogen-bond acceptors (Lipinski definition) is 2. The van der Waals surface area contributed by atoms with Gasteiger partial charge in [0.2, 0.25) is 0 Å². The number of nitrogens with two attached hydrogens (primary N) is 2. The maximum absolute atomic E-state index is 5.93. The van der Waals surface area contributed by atoms with E-state index in [1.54, 1.807) is 0 Å². The van der Waals surface area contributed by atoms with Crippen LogP contribution in [0.5, 0.6) is 0 Å². The summed E-state index contributed by atoms with van der Waals surface area (Å²) in [6.45, 7) is 0. The molecule has 2 unspecified atom stereocenters. The average molecular weight is 469 g/mol. The summed E-state index contributed by atoms with van der Waals surface area (Å²) in [5.74, 6) is 0.548. The van der Waals surface area contributed by atoms with Crippen molar-refractivity contribution in [3.63, 3.8) is 0 Å². The molecule has 0 bridgehead atoms.